The van der Waals surface area contributed by atoms with Crippen LogP contribution in [0.5, 0.6) is 0 Å². The minimum Gasteiger partial charge on any atom is -0.318 e. The third kappa shape index (κ3) is 4.60. The van der Waals surface area contributed by atoms with Crippen molar-refractivity contribution >= 4 is 17.9 Å². The van der Waals surface area contributed by atoms with Crippen LogP contribution in [0.25, 0.3) is 5.69 Å². The summed E-state index contributed by atoms with van der Waals surface area (Å²) >= 11 is 0. The molecule has 2 amide bonds. The molecule has 5 heteroatoms. The SMILES string of the molecule is CCc1ccc(-n2c(C)cc(/C=N/NC(=O)Nc3ccc(C45CC6CC(CC(C6)C4)C5)cc3)c2C)cc1. The van der Waals surface area contributed by atoms with E-state index in [9.17, 15) is 4.79 Å². The maximum atomic E-state index is 12.5. The highest BCUT2D eigenvalue weighted by Crippen LogP contribution is 2.60. The van der Waals surface area contributed by atoms with Gasteiger partial charge >= 0.3 is 6.03 Å². The van der Waals surface area contributed by atoms with Gasteiger partial charge in [0.2, 0.25) is 0 Å². The highest BCUT2D eigenvalue weighted by molar-refractivity contribution is 5.90. The maximum absolute atomic E-state index is 12.5. The molecule has 2 N–H and O–H groups in total. The van der Waals surface area contributed by atoms with Gasteiger partial charge in [-0.05, 0) is 123 Å². The van der Waals surface area contributed by atoms with Crippen molar-refractivity contribution in [2.45, 2.75) is 71.1 Å². The molecule has 0 aliphatic heterocycles. The standard InChI is InChI=1S/C32H38N4O/c1-4-23-5-11-30(12-6-23)36-21(2)13-27(22(36)3)20-33-35-31(37)34-29-9-7-28(8-10-29)32-17-24-14-25(18-32)16-26(15-24)19-32/h5-13,20,24-26H,4,14-19H2,1-3H3,(H2,34,35,37)/b33-20+. The van der Waals surface area contributed by atoms with Crippen molar-refractivity contribution in [2.75, 3.05) is 5.32 Å². The van der Waals surface area contributed by atoms with E-state index in [4.69, 9.17) is 0 Å². The van der Waals surface area contributed by atoms with E-state index < -0.39 is 0 Å². The van der Waals surface area contributed by atoms with Crippen molar-refractivity contribution in [1.29, 1.82) is 0 Å². The fourth-order valence-corrected chi connectivity index (χ4v) is 7.89. The van der Waals surface area contributed by atoms with Crippen LogP contribution in [0.4, 0.5) is 10.5 Å². The van der Waals surface area contributed by atoms with Crippen LogP contribution in [-0.4, -0.2) is 16.8 Å². The lowest BCUT2D eigenvalue weighted by molar-refractivity contribution is -0.00518. The topological polar surface area (TPSA) is 58.4 Å². The maximum Gasteiger partial charge on any atom is 0.339 e. The Morgan fingerprint density at radius 3 is 2.19 bits per heavy atom. The zero-order valence-electron chi connectivity index (χ0n) is 22.3. The van der Waals surface area contributed by atoms with Gasteiger partial charge in [-0.2, -0.15) is 5.10 Å². The van der Waals surface area contributed by atoms with Crippen LogP contribution in [0.1, 0.15) is 73.5 Å². The predicted octanol–water partition coefficient (Wildman–Crippen LogP) is 7.28. The molecule has 1 aromatic heterocycles. The molecule has 3 aromatic rings. The van der Waals surface area contributed by atoms with E-state index in [-0.39, 0.29) is 6.03 Å². The smallest absolute Gasteiger partial charge is 0.318 e. The number of nitrogens with zero attached hydrogens (tertiary/aromatic N) is 2. The molecule has 0 saturated heterocycles. The number of carbonyl (C=O) groups is 1. The molecule has 5 nitrogen and oxygen atoms in total. The van der Waals surface area contributed by atoms with Gasteiger partial charge in [-0.15, -0.1) is 0 Å². The van der Waals surface area contributed by atoms with Crippen LogP contribution in [0.3, 0.4) is 0 Å². The highest BCUT2D eigenvalue weighted by atomic mass is 16.2. The largest absolute Gasteiger partial charge is 0.339 e. The molecule has 1 heterocycles. The summed E-state index contributed by atoms with van der Waals surface area (Å²) in [5.74, 6) is 2.79. The van der Waals surface area contributed by atoms with E-state index in [1.807, 2.05) is 0 Å². The number of rotatable bonds is 6. The molecule has 4 aliphatic carbocycles. The lowest BCUT2D eigenvalue weighted by Gasteiger charge is -2.57. The van der Waals surface area contributed by atoms with Crippen molar-refractivity contribution < 1.29 is 4.79 Å². The second-order valence-corrected chi connectivity index (χ2v) is 11.8. The molecule has 4 aliphatic rings. The molecule has 0 radical (unpaired) electrons. The van der Waals surface area contributed by atoms with Crippen LogP contribution >= 0.6 is 0 Å². The number of amides is 2. The van der Waals surface area contributed by atoms with Gasteiger partial charge in [0, 0.05) is 28.3 Å². The molecule has 4 saturated carbocycles. The minimum absolute atomic E-state index is 0.331. The van der Waals surface area contributed by atoms with E-state index in [1.165, 1.54) is 49.7 Å². The van der Waals surface area contributed by atoms with Crippen molar-refractivity contribution in [2.24, 2.45) is 22.9 Å². The Kier molecular flexibility index (Phi) is 6.18. The summed E-state index contributed by atoms with van der Waals surface area (Å²) < 4.78 is 2.21. The Hall–Kier alpha value is -3.34. The van der Waals surface area contributed by atoms with Crippen molar-refractivity contribution in [3.63, 3.8) is 0 Å². The number of hydrogen-bond donors (Lipinski definition) is 2. The van der Waals surface area contributed by atoms with Gasteiger partial charge in [-0.25, -0.2) is 10.2 Å². The predicted molar refractivity (Wildman–Crippen MR) is 151 cm³/mol. The Morgan fingerprint density at radius 2 is 1.59 bits per heavy atom. The number of aryl methyl sites for hydroxylation is 2. The van der Waals surface area contributed by atoms with Gasteiger partial charge in [0.1, 0.15) is 0 Å². The van der Waals surface area contributed by atoms with Gasteiger partial charge in [0.15, 0.2) is 0 Å². The molecule has 0 spiro atoms. The van der Waals surface area contributed by atoms with Crippen molar-refractivity contribution in [1.82, 2.24) is 9.99 Å². The summed E-state index contributed by atoms with van der Waals surface area (Å²) in [6.07, 6.45) is 11.2. The monoisotopic (exact) mass is 494 g/mol. The van der Waals surface area contributed by atoms with Gasteiger partial charge in [-0.3, -0.25) is 0 Å². The Morgan fingerprint density at radius 1 is 0.973 bits per heavy atom. The second kappa shape index (κ2) is 9.51. The Bertz CT molecular complexity index is 1280. The number of hydrogen-bond acceptors (Lipinski definition) is 2. The lowest BCUT2D eigenvalue weighted by Crippen LogP contribution is -2.48. The summed E-state index contributed by atoms with van der Waals surface area (Å²) in [5, 5.41) is 7.15. The Labute approximate surface area is 220 Å². The summed E-state index contributed by atoms with van der Waals surface area (Å²) in [5.41, 5.74) is 10.9. The number of hydrazone groups is 1. The first-order chi connectivity index (χ1) is 17.9. The average Bonchev–Trinajstić information content (AvgIpc) is 3.16. The lowest BCUT2D eigenvalue weighted by atomic mass is 9.48. The normalized spacial score (nSPS) is 26.1. The number of urea groups is 1. The highest BCUT2D eigenvalue weighted by Gasteiger charge is 2.51. The van der Waals surface area contributed by atoms with E-state index >= 15 is 0 Å². The molecular weight excluding hydrogens is 456 g/mol. The third-order valence-electron chi connectivity index (χ3n) is 9.24. The van der Waals surface area contributed by atoms with Gasteiger partial charge in [0.25, 0.3) is 0 Å². The van der Waals surface area contributed by atoms with Crippen LogP contribution < -0.4 is 10.7 Å². The number of aromatic nitrogens is 1. The van der Waals surface area contributed by atoms with E-state index in [2.05, 4.69) is 95.8 Å². The van der Waals surface area contributed by atoms with Crippen LogP contribution in [-0.2, 0) is 11.8 Å². The molecule has 192 valence electrons. The molecule has 4 fully saturated rings. The summed E-state index contributed by atoms with van der Waals surface area (Å²) in [7, 11) is 0. The molecule has 4 bridgehead atoms. The van der Waals surface area contributed by atoms with E-state index in [1.54, 1.807) is 6.21 Å². The summed E-state index contributed by atoms with van der Waals surface area (Å²) in [6.45, 7) is 6.33. The number of carbonyl (C=O) groups excluding carboxylic acids is 1. The molecular formula is C32H38N4O. The zero-order chi connectivity index (χ0) is 25.6. The Balaban J connectivity index is 1.08. The fourth-order valence-electron chi connectivity index (χ4n) is 7.89. The second-order valence-electron chi connectivity index (χ2n) is 11.8. The quantitative estimate of drug-likeness (QED) is 0.274. The summed E-state index contributed by atoms with van der Waals surface area (Å²) in [4.78, 5) is 12.5. The minimum atomic E-state index is -0.331. The number of anilines is 1. The first kappa shape index (κ1) is 24.0. The molecule has 0 atom stereocenters. The third-order valence-corrected chi connectivity index (χ3v) is 9.24. The molecule has 0 unspecified atom stereocenters. The van der Waals surface area contributed by atoms with Gasteiger partial charge in [-0.1, -0.05) is 31.2 Å². The zero-order valence-corrected chi connectivity index (χ0v) is 22.3. The van der Waals surface area contributed by atoms with Gasteiger partial charge < -0.3 is 9.88 Å². The van der Waals surface area contributed by atoms with E-state index in [0.29, 0.717) is 5.41 Å². The van der Waals surface area contributed by atoms with Crippen LogP contribution in [0, 0.1) is 31.6 Å². The van der Waals surface area contributed by atoms with Gasteiger partial charge in [0.05, 0.1) is 6.21 Å². The van der Waals surface area contributed by atoms with Crippen LogP contribution in [0.2, 0.25) is 0 Å². The fraction of sp³-hybridized carbons (Fsp3) is 0.438. The number of nitrogens with one attached hydrogen (secondary N) is 2. The molecule has 7 rings (SSSR count). The van der Waals surface area contributed by atoms with Crippen molar-refractivity contribution in [3.8, 4) is 5.69 Å². The average molecular weight is 495 g/mol. The summed E-state index contributed by atoms with van der Waals surface area (Å²) in [6, 6.07) is 19.0. The molecule has 37 heavy (non-hydrogen) atoms. The van der Waals surface area contributed by atoms with Crippen molar-refractivity contribution in [3.05, 3.63) is 82.7 Å². The number of benzene rings is 2. The van der Waals surface area contributed by atoms with Crippen LogP contribution in [0.15, 0.2) is 59.7 Å². The first-order valence-corrected chi connectivity index (χ1v) is 13.9. The first-order valence-electron chi connectivity index (χ1n) is 13.9. The molecule has 2 aromatic carbocycles. The van der Waals surface area contributed by atoms with E-state index in [0.717, 1.165) is 52.5 Å².